The summed E-state index contributed by atoms with van der Waals surface area (Å²) in [5.41, 5.74) is 6.91. The lowest BCUT2D eigenvalue weighted by atomic mass is 9.88. The maximum atomic E-state index is 12.7. The molecular formula is C46H48N2O2. The van der Waals surface area contributed by atoms with Gasteiger partial charge >= 0.3 is 0 Å². The molecule has 0 unspecified atom stereocenters. The molecule has 0 amide bonds. The molecule has 0 aromatic heterocycles. The van der Waals surface area contributed by atoms with Gasteiger partial charge in [0.1, 0.15) is 0 Å². The van der Waals surface area contributed by atoms with Crippen molar-refractivity contribution < 1.29 is 10.2 Å². The van der Waals surface area contributed by atoms with Crippen LogP contribution in [-0.4, -0.2) is 44.3 Å². The highest BCUT2D eigenvalue weighted by Crippen LogP contribution is 2.27. The first kappa shape index (κ1) is 35.0. The number of hydrogen-bond donors (Lipinski definition) is 2. The average molecular weight is 661 g/mol. The first-order valence-electron chi connectivity index (χ1n) is 17.7. The summed E-state index contributed by atoms with van der Waals surface area (Å²) in [5.74, 6) is 0. The van der Waals surface area contributed by atoms with Crippen molar-refractivity contribution in [2.75, 3.05) is 0 Å². The predicted octanol–water partition coefficient (Wildman–Crippen LogP) is 8.34. The van der Waals surface area contributed by atoms with Gasteiger partial charge in [0.2, 0.25) is 0 Å². The van der Waals surface area contributed by atoms with E-state index in [1.165, 1.54) is 22.3 Å². The molecule has 254 valence electrons. The fourth-order valence-electron chi connectivity index (χ4n) is 6.95. The number of nitrogens with zero attached hydrogens (tertiary/aromatic N) is 2. The first-order valence-corrected chi connectivity index (χ1v) is 17.7. The van der Waals surface area contributed by atoms with Crippen molar-refractivity contribution in [2.45, 2.75) is 63.3 Å². The number of hydrogen-bond acceptors (Lipinski definition) is 4. The van der Waals surface area contributed by atoms with Crippen LogP contribution in [0.4, 0.5) is 0 Å². The van der Waals surface area contributed by atoms with Gasteiger partial charge in [-0.25, -0.2) is 0 Å². The van der Waals surface area contributed by atoms with Crippen LogP contribution in [-0.2, 0) is 39.0 Å². The molecule has 4 atom stereocenters. The molecule has 0 heterocycles. The van der Waals surface area contributed by atoms with Gasteiger partial charge in [0, 0.05) is 38.3 Å². The Morgan fingerprint density at radius 1 is 0.300 bits per heavy atom. The Labute approximate surface area is 297 Å². The fraction of sp³-hybridized carbons (Fsp3) is 0.217. The Bertz CT molecular complexity index is 1570. The molecule has 6 rings (SSSR count). The van der Waals surface area contributed by atoms with E-state index >= 15 is 0 Å². The van der Waals surface area contributed by atoms with Crippen LogP contribution in [0.15, 0.2) is 182 Å². The smallest absolute Gasteiger partial charge is 0.0972 e. The molecule has 4 nitrogen and oxygen atoms in total. The Kier molecular flexibility index (Phi) is 12.8. The normalized spacial score (nSPS) is 13.9. The highest BCUT2D eigenvalue weighted by molar-refractivity contribution is 5.23. The zero-order valence-electron chi connectivity index (χ0n) is 28.7. The van der Waals surface area contributed by atoms with Crippen molar-refractivity contribution in [3.8, 4) is 0 Å². The van der Waals surface area contributed by atoms with Crippen LogP contribution in [0, 0.1) is 0 Å². The minimum absolute atomic E-state index is 0.374. The maximum Gasteiger partial charge on any atom is 0.0972 e. The van der Waals surface area contributed by atoms with E-state index in [1.807, 2.05) is 60.7 Å². The third-order valence-electron chi connectivity index (χ3n) is 9.57. The van der Waals surface area contributed by atoms with Gasteiger partial charge in [-0.3, -0.25) is 9.80 Å². The molecule has 0 saturated carbocycles. The summed E-state index contributed by atoms with van der Waals surface area (Å²) >= 11 is 0. The van der Waals surface area contributed by atoms with Crippen LogP contribution >= 0.6 is 0 Å². The van der Waals surface area contributed by atoms with Crippen LogP contribution < -0.4 is 0 Å². The second kappa shape index (κ2) is 18.2. The summed E-state index contributed by atoms with van der Waals surface area (Å²) in [5, 5.41) is 25.4. The molecule has 6 aromatic carbocycles. The Balaban J connectivity index is 1.40. The lowest BCUT2D eigenvalue weighted by Gasteiger charge is -2.42. The predicted molar refractivity (Wildman–Crippen MR) is 204 cm³/mol. The summed E-state index contributed by atoms with van der Waals surface area (Å²) in [6, 6.07) is 61.7. The van der Waals surface area contributed by atoms with E-state index in [0.717, 1.165) is 11.1 Å². The molecule has 2 N–H and O–H groups in total. The highest BCUT2D eigenvalue weighted by Gasteiger charge is 2.38. The van der Waals surface area contributed by atoms with Crippen LogP contribution in [0.1, 0.15) is 33.4 Å². The molecule has 6 aromatic rings. The molecule has 0 radical (unpaired) electrons. The molecule has 0 aliphatic rings. The maximum absolute atomic E-state index is 12.7. The topological polar surface area (TPSA) is 46.9 Å². The summed E-state index contributed by atoms with van der Waals surface area (Å²) in [4.78, 5) is 4.70. The second-order valence-electron chi connectivity index (χ2n) is 13.2. The van der Waals surface area contributed by atoms with Gasteiger partial charge in [0.25, 0.3) is 0 Å². The third kappa shape index (κ3) is 10.1. The molecular weight excluding hydrogens is 613 g/mol. The zero-order chi connectivity index (χ0) is 34.4. The van der Waals surface area contributed by atoms with Gasteiger partial charge in [0.15, 0.2) is 0 Å². The third-order valence-corrected chi connectivity index (χ3v) is 9.57. The largest absolute Gasteiger partial charge is 0.389 e. The number of benzene rings is 6. The molecule has 4 heteroatoms. The van der Waals surface area contributed by atoms with Gasteiger partial charge in [-0.15, -0.1) is 0 Å². The van der Waals surface area contributed by atoms with Gasteiger partial charge in [-0.05, 0) is 46.2 Å². The molecule has 0 spiro atoms. The van der Waals surface area contributed by atoms with E-state index in [2.05, 4.69) is 131 Å². The highest BCUT2D eigenvalue weighted by atomic mass is 16.3. The summed E-state index contributed by atoms with van der Waals surface area (Å²) in [6.07, 6.45) is -0.918. The monoisotopic (exact) mass is 660 g/mol. The standard InChI is InChI=1S/C46H48N2O2/c49-45(43(31-37-19-7-1-8-20-37)47(33-39-23-11-3-12-24-39)34-40-25-13-4-14-26-40)46(50)44(32-38-21-9-2-10-22-38)48(35-41-27-15-5-16-28-41)36-42-29-17-6-18-30-42/h1-30,43-46,49-50H,31-36H2/t43-,44-,45-,46+/m0/s1. The molecule has 0 fully saturated rings. The lowest BCUT2D eigenvalue weighted by molar-refractivity contribution is -0.0821. The number of rotatable bonds is 17. The quantitative estimate of drug-likeness (QED) is 0.103. The fourth-order valence-corrected chi connectivity index (χ4v) is 6.95. The van der Waals surface area contributed by atoms with Gasteiger partial charge in [-0.1, -0.05) is 182 Å². The minimum atomic E-state index is -1.05. The van der Waals surface area contributed by atoms with Crippen molar-refractivity contribution in [2.24, 2.45) is 0 Å². The van der Waals surface area contributed by atoms with E-state index in [1.54, 1.807) is 0 Å². The SMILES string of the molecule is O[C@H]([C@H](O)[C@H](Cc1ccccc1)N(Cc1ccccc1)Cc1ccccc1)[C@H](Cc1ccccc1)N(Cc1ccccc1)Cc1ccccc1. The first-order chi connectivity index (χ1) is 24.6. The van der Waals surface area contributed by atoms with Crippen LogP contribution in [0.2, 0.25) is 0 Å². The molecule has 0 saturated heterocycles. The van der Waals surface area contributed by atoms with Crippen LogP contribution in [0.3, 0.4) is 0 Å². The Morgan fingerprint density at radius 3 is 0.720 bits per heavy atom. The average Bonchev–Trinajstić information content (AvgIpc) is 3.17. The van der Waals surface area contributed by atoms with Crippen LogP contribution in [0.25, 0.3) is 0 Å². The van der Waals surface area contributed by atoms with Gasteiger partial charge in [0.05, 0.1) is 12.2 Å². The number of aliphatic hydroxyl groups excluding tert-OH is 2. The van der Waals surface area contributed by atoms with E-state index in [4.69, 9.17) is 0 Å². The van der Waals surface area contributed by atoms with E-state index < -0.39 is 12.2 Å². The lowest BCUT2D eigenvalue weighted by Crippen LogP contribution is -2.56. The van der Waals surface area contributed by atoms with Crippen molar-refractivity contribution in [1.29, 1.82) is 0 Å². The minimum Gasteiger partial charge on any atom is -0.389 e. The summed E-state index contributed by atoms with van der Waals surface area (Å²) in [6.45, 7) is 2.55. The van der Waals surface area contributed by atoms with Crippen molar-refractivity contribution in [1.82, 2.24) is 9.80 Å². The zero-order valence-corrected chi connectivity index (χ0v) is 28.7. The van der Waals surface area contributed by atoms with Gasteiger partial charge in [-0.2, -0.15) is 0 Å². The Hall–Kier alpha value is -4.84. The van der Waals surface area contributed by atoms with Crippen molar-refractivity contribution in [3.63, 3.8) is 0 Å². The van der Waals surface area contributed by atoms with E-state index in [-0.39, 0.29) is 12.1 Å². The molecule has 0 bridgehead atoms. The Morgan fingerprint density at radius 2 is 0.500 bits per heavy atom. The van der Waals surface area contributed by atoms with E-state index in [0.29, 0.717) is 39.0 Å². The van der Waals surface area contributed by atoms with Crippen LogP contribution in [0.5, 0.6) is 0 Å². The summed E-state index contributed by atoms with van der Waals surface area (Å²) in [7, 11) is 0. The molecule has 0 aliphatic heterocycles. The second-order valence-corrected chi connectivity index (χ2v) is 13.2. The van der Waals surface area contributed by atoms with Crippen molar-refractivity contribution >= 4 is 0 Å². The van der Waals surface area contributed by atoms with Gasteiger partial charge < -0.3 is 10.2 Å². The summed E-state index contributed by atoms with van der Waals surface area (Å²) < 4.78 is 0. The molecule has 0 aliphatic carbocycles. The van der Waals surface area contributed by atoms with Crippen molar-refractivity contribution in [3.05, 3.63) is 215 Å². The molecule has 50 heavy (non-hydrogen) atoms. The van der Waals surface area contributed by atoms with E-state index in [9.17, 15) is 10.2 Å². The number of aliphatic hydroxyl groups is 2.